The van der Waals surface area contributed by atoms with Crippen LogP contribution in [-0.2, 0) is 4.79 Å². The molecule has 5 heteroatoms. The molecule has 17 heavy (non-hydrogen) atoms. The van der Waals surface area contributed by atoms with E-state index in [0.717, 1.165) is 24.5 Å². The normalized spacial score (nSPS) is 20.1. The van der Waals surface area contributed by atoms with Crippen LogP contribution >= 0.6 is 0 Å². The van der Waals surface area contributed by atoms with Crippen molar-refractivity contribution in [2.24, 2.45) is 0 Å². The second-order valence-corrected chi connectivity index (χ2v) is 4.22. The van der Waals surface area contributed by atoms with Crippen LogP contribution in [0.4, 0.5) is 5.82 Å². The molecule has 1 saturated heterocycles. The molecule has 0 saturated carbocycles. The monoisotopic (exact) mass is 234 g/mol. The van der Waals surface area contributed by atoms with E-state index < -0.39 is 0 Å². The van der Waals surface area contributed by atoms with Gasteiger partial charge in [0, 0.05) is 32.9 Å². The molecule has 1 amide bonds. The molecule has 1 aliphatic heterocycles. The Bertz CT molecular complexity index is 407. The predicted octanol–water partition coefficient (Wildman–Crippen LogP) is -0.0858. The Morgan fingerprint density at radius 2 is 2.47 bits per heavy atom. The smallest absolute Gasteiger partial charge is 0.243 e. The topological polar surface area (TPSA) is 57.3 Å². The fourth-order valence-corrected chi connectivity index (χ4v) is 2.06. The van der Waals surface area contributed by atoms with Gasteiger partial charge in [0.2, 0.25) is 5.91 Å². The van der Waals surface area contributed by atoms with Crippen molar-refractivity contribution >= 4 is 11.7 Å². The van der Waals surface area contributed by atoms with E-state index >= 15 is 0 Å². The molecule has 1 unspecified atom stereocenters. The van der Waals surface area contributed by atoms with Crippen LogP contribution in [0.15, 0.2) is 18.3 Å². The van der Waals surface area contributed by atoms with E-state index in [1.54, 1.807) is 13.2 Å². The number of carbonyl (C=O) groups is 1. The summed E-state index contributed by atoms with van der Waals surface area (Å²) in [5.74, 6) is 0.903. The number of anilines is 1. The van der Waals surface area contributed by atoms with E-state index in [9.17, 15) is 4.79 Å². The number of hydrogen-bond acceptors (Lipinski definition) is 4. The van der Waals surface area contributed by atoms with Gasteiger partial charge in [0.15, 0.2) is 0 Å². The summed E-state index contributed by atoms with van der Waals surface area (Å²) in [5, 5.41) is 5.93. The molecular formula is C12H18N4O. The molecule has 0 radical (unpaired) electrons. The highest BCUT2D eigenvalue weighted by molar-refractivity contribution is 5.85. The van der Waals surface area contributed by atoms with Crippen LogP contribution in [-0.4, -0.2) is 43.6 Å². The van der Waals surface area contributed by atoms with Crippen LogP contribution in [0.2, 0.25) is 0 Å². The van der Waals surface area contributed by atoms with E-state index in [0.29, 0.717) is 6.54 Å². The summed E-state index contributed by atoms with van der Waals surface area (Å²) in [6.45, 7) is 4.37. The Morgan fingerprint density at radius 1 is 1.65 bits per heavy atom. The van der Waals surface area contributed by atoms with Crippen molar-refractivity contribution in [1.82, 2.24) is 15.6 Å². The molecule has 1 fully saturated rings. The zero-order valence-electron chi connectivity index (χ0n) is 10.2. The summed E-state index contributed by atoms with van der Waals surface area (Å²) in [7, 11) is 1.67. The maximum absolute atomic E-state index is 11.8. The number of nitrogens with zero attached hydrogens (tertiary/aromatic N) is 2. The number of nitrogens with one attached hydrogen (secondary N) is 2. The Labute approximate surface area is 101 Å². The van der Waals surface area contributed by atoms with Crippen molar-refractivity contribution in [3.8, 4) is 0 Å². The lowest BCUT2D eigenvalue weighted by Gasteiger charge is -2.35. The number of pyridine rings is 1. The summed E-state index contributed by atoms with van der Waals surface area (Å²) >= 11 is 0. The fraction of sp³-hybridized carbons (Fsp3) is 0.500. The molecule has 1 atom stereocenters. The second kappa shape index (κ2) is 5.14. The number of amides is 1. The van der Waals surface area contributed by atoms with Gasteiger partial charge in [-0.1, -0.05) is 0 Å². The summed E-state index contributed by atoms with van der Waals surface area (Å²) in [4.78, 5) is 18.2. The first-order valence-corrected chi connectivity index (χ1v) is 5.84. The molecule has 92 valence electrons. The van der Waals surface area contributed by atoms with Gasteiger partial charge in [0.1, 0.15) is 11.9 Å². The molecule has 5 nitrogen and oxygen atoms in total. The molecule has 0 aromatic carbocycles. The van der Waals surface area contributed by atoms with Crippen molar-refractivity contribution in [2.45, 2.75) is 13.0 Å². The number of likely N-dealkylation sites (N-methyl/N-ethyl adjacent to an activating group) is 1. The minimum atomic E-state index is -0.178. The van der Waals surface area contributed by atoms with Gasteiger partial charge in [0.05, 0.1) is 0 Å². The first-order valence-electron chi connectivity index (χ1n) is 5.84. The molecule has 1 aromatic heterocycles. The molecular weight excluding hydrogens is 216 g/mol. The molecule has 0 aliphatic carbocycles. The standard InChI is InChI=1S/C12H18N4O/c1-9-3-4-15-11(7-9)16-6-5-14-8-10(16)12(17)13-2/h3-4,7,10,14H,5-6,8H2,1-2H3,(H,13,17). The van der Waals surface area contributed by atoms with Crippen molar-refractivity contribution in [2.75, 3.05) is 31.6 Å². The fourth-order valence-electron chi connectivity index (χ4n) is 2.06. The molecule has 1 aliphatic rings. The van der Waals surface area contributed by atoms with Crippen molar-refractivity contribution in [1.29, 1.82) is 0 Å². The zero-order chi connectivity index (χ0) is 12.3. The number of carbonyl (C=O) groups excluding carboxylic acids is 1. The predicted molar refractivity (Wildman–Crippen MR) is 67.0 cm³/mol. The van der Waals surface area contributed by atoms with E-state index in [2.05, 4.69) is 20.5 Å². The van der Waals surface area contributed by atoms with Crippen LogP contribution in [0.3, 0.4) is 0 Å². The van der Waals surface area contributed by atoms with Crippen molar-refractivity contribution in [3.63, 3.8) is 0 Å². The van der Waals surface area contributed by atoms with Crippen LogP contribution in [0.5, 0.6) is 0 Å². The first kappa shape index (κ1) is 11.9. The molecule has 2 rings (SSSR count). The summed E-state index contributed by atoms with van der Waals surface area (Å²) in [6.07, 6.45) is 1.79. The third kappa shape index (κ3) is 2.55. The third-order valence-corrected chi connectivity index (χ3v) is 2.99. The molecule has 2 N–H and O–H groups in total. The van der Waals surface area contributed by atoms with E-state index in [1.165, 1.54) is 0 Å². The van der Waals surface area contributed by atoms with Gasteiger partial charge in [-0.3, -0.25) is 4.79 Å². The summed E-state index contributed by atoms with van der Waals surface area (Å²) in [6, 6.07) is 3.80. The number of piperazine rings is 1. The van der Waals surface area contributed by atoms with Crippen LogP contribution < -0.4 is 15.5 Å². The lowest BCUT2D eigenvalue weighted by molar-refractivity contribution is -0.122. The number of hydrogen-bond donors (Lipinski definition) is 2. The van der Waals surface area contributed by atoms with Gasteiger partial charge in [-0.15, -0.1) is 0 Å². The highest BCUT2D eigenvalue weighted by Gasteiger charge is 2.28. The van der Waals surface area contributed by atoms with E-state index in [-0.39, 0.29) is 11.9 Å². The minimum absolute atomic E-state index is 0.0282. The van der Waals surface area contributed by atoms with Gasteiger partial charge in [-0.25, -0.2) is 4.98 Å². The highest BCUT2D eigenvalue weighted by atomic mass is 16.2. The number of aryl methyl sites for hydroxylation is 1. The lowest BCUT2D eigenvalue weighted by Crippen LogP contribution is -2.57. The highest BCUT2D eigenvalue weighted by Crippen LogP contribution is 2.16. The zero-order valence-corrected chi connectivity index (χ0v) is 10.2. The largest absolute Gasteiger partial charge is 0.357 e. The average molecular weight is 234 g/mol. The lowest BCUT2D eigenvalue weighted by atomic mass is 10.1. The Morgan fingerprint density at radius 3 is 3.18 bits per heavy atom. The van der Waals surface area contributed by atoms with Crippen LogP contribution in [0.25, 0.3) is 0 Å². The number of rotatable bonds is 2. The quantitative estimate of drug-likeness (QED) is 0.751. The van der Waals surface area contributed by atoms with Crippen molar-refractivity contribution in [3.05, 3.63) is 23.9 Å². The molecule has 0 bridgehead atoms. The maximum Gasteiger partial charge on any atom is 0.243 e. The van der Waals surface area contributed by atoms with E-state index in [1.807, 2.05) is 19.1 Å². The first-order chi connectivity index (χ1) is 8.22. The van der Waals surface area contributed by atoms with Gasteiger partial charge in [0.25, 0.3) is 0 Å². The maximum atomic E-state index is 11.8. The van der Waals surface area contributed by atoms with Gasteiger partial charge >= 0.3 is 0 Å². The van der Waals surface area contributed by atoms with Crippen LogP contribution in [0, 0.1) is 6.92 Å². The Hall–Kier alpha value is -1.62. The second-order valence-electron chi connectivity index (χ2n) is 4.22. The minimum Gasteiger partial charge on any atom is -0.357 e. The van der Waals surface area contributed by atoms with Crippen molar-refractivity contribution < 1.29 is 4.79 Å². The van der Waals surface area contributed by atoms with Crippen LogP contribution in [0.1, 0.15) is 5.56 Å². The van der Waals surface area contributed by atoms with E-state index in [4.69, 9.17) is 0 Å². The number of aromatic nitrogens is 1. The summed E-state index contributed by atoms with van der Waals surface area (Å²) in [5.41, 5.74) is 1.16. The molecule has 0 spiro atoms. The Kier molecular flexibility index (Phi) is 3.58. The SMILES string of the molecule is CNC(=O)C1CNCCN1c1cc(C)ccn1. The van der Waals surface area contributed by atoms with Gasteiger partial charge < -0.3 is 15.5 Å². The average Bonchev–Trinajstić information content (AvgIpc) is 2.38. The Balaban J connectivity index is 2.24. The van der Waals surface area contributed by atoms with Gasteiger partial charge in [-0.05, 0) is 24.6 Å². The third-order valence-electron chi connectivity index (χ3n) is 2.99. The van der Waals surface area contributed by atoms with Gasteiger partial charge in [-0.2, -0.15) is 0 Å². The molecule has 2 heterocycles. The summed E-state index contributed by atoms with van der Waals surface area (Å²) < 4.78 is 0. The molecule has 1 aromatic rings.